The third-order valence-electron chi connectivity index (χ3n) is 12.7. The van der Waals surface area contributed by atoms with Crippen LogP contribution in [0.3, 0.4) is 0 Å². The van der Waals surface area contributed by atoms with Gasteiger partial charge in [-0.05, 0) is 93.1 Å². The molecular weight excluding hydrogens is 1020 g/mol. The monoisotopic (exact) mass is 1110 g/mol. The third kappa shape index (κ3) is 26.0. The third-order valence-corrected chi connectivity index (χ3v) is 12.7. The number of unbranched alkanes of at least 4 members (excludes halogenated alkanes) is 1. The zero-order valence-electron chi connectivity index (χ0n) is 47.7. The molecule has 2 rings (SSSR count). The molecule has 0 fully saturated rings. The Labute approximate surface area is 464 Å². The molecule has 1 aromatic heterocycles. The van der Waals surface area contributed by atoms with Crippen molar-refractivity contribution in [1.29, 1.82) is 0 Å². The predicted octanol–water partition coefficient (Wildman–Crippen LogP) is 1.32. The molecule has 79 heavy (non-hydrogen) atoms. The van der Waals surface area contributed by atoms with Crippen LogP contribution < -0.4 is 54.0 Å². The van der Waals surface area contributed by atoms with Crippen LogP contribution in [0.5, 0.6) is 0 Å². The van der Waals surface area contributed by atoms with Crippen LogP contribution in [-0.4, -0.2) is 140 Å². The van der Waals surface area contributed by atoms with E-state index in [9.17, 15) is 53.1 Å². The number of carbonyl (C=O) groups is 10. The number of H-pyrrole nitrogens is 1. The van der Waals surface area contributed by atoms with E-state index in [1.807, 2.05) is 55.4 Å². The van der Waals surface area contributed by atoms with E-state index in [4.69, 9.17) is 16.6 Å². The number of benzene rings is 1. The molecule has 0 spiro atoms. The molecule has 0 aliphatic rings. The topological polar surface area (TPSA) is 388 Å². The van der Waals surface area contributed by atoms with Crippen molar-refractivity contribution >= 4 is 59.2 Å². The first kappa shape index (κ1) is 68.2. The molecule has 2 aromatic rings. The lowest BCUT2D eigenvalue weighted by atomic mass is 9.98. The number of aromatic amines is 1. The van der Waals surface area contributed by atoms with E-state index < -0.39 is 119 Å². The Morgan fingerprint density at radius 2 is 0.911 bits per heavy atom. The second kappa shape index (κ2) is 34.8. The maximum absolute atomic E-state index is 14.6. The van der Waals surface area contributed by atoms with Gasteiger partial charge in [0.15, 0.2) is 0 Å². The van der Waals surface area contributed by atoms with Gasteiger partial charge in [-0.1, -0.05) is 99.6 Å². The van der Waals surface area contributed by atoms with E-state index in [-0.39, 0.29) is 81.5 Å². The highest BCUT2D eigenvalue weighted by atomic mass is 16.4. The summed E-state index contributed by atoms with van der Waals surface area (Å²) in [5, 5.41) is 40.6. The number of carboxylic acid groups (broad SMARTS) is 2. The predicted molar refractivity (Wildman–Crippen MR) is 296 cm³/mol. The molecule has 1 heterocycles. The number of amides is 8. The fraction of sp³-hybridized carbons (Fsp3) is 0.655. The van der Waals surface area contributed by atoms with Crippen molar-refractivity contribution in [3.63, 3.8) is 0 Å². The number of nitrogens with one attached hydrogen (secondary N) is 9. The Morgan fingerprint density at radius 3 is 1.32 bits per heavy atom. The molecule has 442 valence electrons. The molecule has 0 bridgehead atoms. The van der Waals surface area contributed by atoms with E-state index in [0.29, 0.717) is 30.6 Å². The Bertz CT molecular complexity index is 2280. The van der Waals surface area contributed by atoms with Gasteiger partial charge in [0, 0.05) is 31.2 Å². The van der Waals surface area contributed by atoms with Crippen LogP contribution in [0.2, 0.25) is 0 Å². The normalized spacial score (nSPS) is 14.9. The van der Waals surface area contributed by atoms with Crippen molar-refractivity contribution in [3.05, 3.63) is 54.1 Å². The molecule has 15 N–H and O–H groups in total. The average Bonchev–Trinajstić information content (AvgIpc) is 3.88. The number of aromatic nitrogens is 2. The molecule has 0 unspecified atom stereocenters. The molecule has 0 saturated carbocycles. The number of hydrogen-bond acceptors (Lipinski definition) is 13. The number of rotatable bonds is 37. The summed E-state index contributed by atoms with van der Waals surface area (Å²) in [6, 6.07) is -2.40. The molecule has 24 nitrogen and oxygen atoms in total. The smallest absolute Gasteiger partial charge is 0.326 e. The number of nitrogens with two attached hydrogens (primary N) is 2. The first-order chi connectivity index (χ1) is 37.1. The van der Waals surface area contributed by atoms with Gasteiger partial charge in [0.05, 0.1) is 12.4 Å². The lowest BCUT2D eigenvalue weighted by Crippen LogP contribution is -2.61. The van der Waals surface area contributed by atoms with E-state index in [1.165, 1.54) is 12.5 Å². The van der Waals surface area contributed by atoms with Gasteiger partial charge in [-0.25, -0.2) is 9.78 Å². The number of carboxylic acids is 2. The highest BCUT2D eigenvalue weighted by Crippen LogP contribution is 2.15. The minimum absolute atomic E-state index is 0.0693. The van der Waals surface area contributed by atoms with Gasteiger partial charge in [0.2, 0.25) is 47.3 Å². The van der Waals surface area contributed by atoms with Crippen molar-refractivity contribution in [1.82, 2.24) is 52.5 Å². The van der Waals surface area contributed by atoms with E-state index in [0.717, 1.165) is 0 Å². The Balaban J connectivity index is 2.49. The van der Waals surface area contributed by atoms with E-state index >= 15 is 0 Å². The Hall–Kier alpha value is -6.95. The number of carbonyl (C=O) groups excluding carboxylic acids is 8. The van der Waals surface area contributed by atoms with Gasteiger partial charge in [-0.2, -0.15) is 0 Å². The van der Waals surface area contributed by atoms with Gasteiger partial charge in [-0.3, -0.25) is 43.2 Å². The standard InChI is InChI=1S/C55H90N12O12/c1-30(2)22-39(48(71)60-38(55(78)79)18-14-15-21-56)62-49(72)40(23-31(3)4)63-50(73)41(24-32(5)6)64-51(74)43(26-35-16-12-11-13-17-35)65-52(75)44(27-36-28-58-29-59-36)66-54(77)46(34(9)10)67-53(76)42(25-33(7)8)61-47(70)37(57)19-20-45(68)69/h11-13,16-17,28-34,37-44,46H,14-15,18-27,56-57H2,1-10H3,(H,58,59)(H,60,71)(H,61,70)(H,62,72)(H,63,73)(H,64,74)(H,65,75)(H,66,77)(H,67,76)(H,68,69)(H,78,79)/t37-,38-,39-,40-,41-,42-,43-,44-,46-/m0/s1. The average molecular weight is 1110 g/mol. The number of aliphatic carboxylic acids is 2. The summed E-state index contributed by atoms with van der Waals surface area (Å²) in [4.78, 5) is 143. The van der Waals surface area contributed by atoms with Gasteiger partial charge >= 0.3 is 11.9 Å². The fourth-order valence-electron chi connectivity index (χ4n) is 8.55. The minimum atomic E-state index is -1.38. The minimum Gasteiger partial charge on any atom is -0.481 e. The maximum Gasteiger partial charge on any atom is 0.326 e. The van der Waals surface area contributed by atoms with Gasteiger partial charge in [0.25, 0.3) is 0 Å². The summed E-state index contributed by atoms with van der Waals surface area (Å²) < 4.78 is 0. The molecule has 9 atom stereocenters. The summed E-state index contributed by atoms with van der Waals surface area (Å²) in [7, 11) is 0. The van der Waals surface area contributed by atoms with Gasteiger partial charge in [0.1, 0.15) is 48.3 Å². The van der Waals surface area contributed by atoms with E-state index in [1.54, 1.807) is 44.2 Å². The number of hydrogen-bond donors (Lipinski definition) is 13. The van der Waals surface area contributed by atoms with Crippen LogP contribution in [0.25, 0.3) is 0 Å². The van der Waals surface area contributed by atoms with E-state index in [2.05, 4.69) is 52.5 Å². The van der Waals surface area contributed by atoms with Crippen molar-refractivity contribution in [3.8, 4) is 0 Å². The zero-order valence-corrected chi connectivity index (χ0v) is 47.7. The lowest BCUT2D eigenvalue weighted by molar-refractivity contribution is -0.142. The molecular formula is C55H90N12O12. The molecule has 1 aromatic carbocycles. The quantitative estimate of drug-likeness (QED) is 0.0425. The second-order valence-corrected chi connectivity index (χ2v) is 22.3. The molecule has 0 aliphatic carbocycles. The lowest BCUT2D eigenvalue weighted by Gasteiger charge is -2.29. The van der Waals surface area contributed by atoms with Crippen LogP contribution in [0, 0.1) is 29.6 Å². The first-order valence-electron chi connectivity index (χ1n) is 27.5. The fourth-order valence-corrected chi connectivity index (χ4v) is 8.55. The van der Waals surface area contributed by atoms with Crippen LogP contribution in [0.4, 0.5) is 0 Å². The van der Waals surface area contributed by atoms with Crippen molar-refractivity contribution in [2.45, 2.75) is 194 Å². The van der Waals surface area contributed by atoms with Crippen molar-refractivity contribution < 1.29 is 58.2 Å². The molecule has 0 saturated heterocycles. The van der Waals surface area contributed by atoms with Crippen molar-refractivity contribution in [2.75, 3.05) is 6.54 Å². The number of nitrogens with zero attached hydrogens (tertiary/aromatic N) is 1. The second-order valence-electron chi connectivity index (χ2n) is 22.3. The van der Waals surface area contributed by atoms with Crippen LogP contribution in [0.1, 0.15) is 138 Å². The van der Waals surface area contributed by atoms with Crippen LogP contribution in [-0.2, 0) is 60.8 Å². The molecule has 0 aliphatic heterocycles. The maximum atomic E-state index is 14.6. The highest BCUT2D eigenvalue weighted by molar-refractivity contribution is 5.98. The van der Waals surface area contributed by atoms with Gasteiger partial charge < -0.3 is 69.2 Å². The highest BCUT2D eigenvalue weighted by Gasteiger charge is 2.37. The summed E-state index contributed by atoms with van der Waals surface area (Å²) in [6.07, 6.45) is 3.75. The summed E-state index contributed by atoms with van der Waals surface area (Å²) in [5.41, 5.74) is 12.6. The Kier molecular flexibility index (Phi) is 30.0. The largest absolute Gasteiger partial charge is 0.481 e. The Morgan fingerprint density at radius 1 is 0.506 bits per heavy atom. The first-order valence-corrected chi connectivity index (χ1v) is 27.5. The van der Waals surface area contributed by atoms with Crippen LogP contribution in [0.15, 0.2) is 42.9 Å². The summed E-state index contributed by atoms with van der Waals surface area (Å²) in [6.45, 7) is 18.4. The zero-order chi connectivity index (χ0) is 59.5. The SMILES string of the molecule is CC(C)C[C@H](NC(=O)[C@H](CC(C)C)NC(=O)[C@H](CC(C)C)NC(=O)[C@H](Cc1ccccc1)NC(=O)[C@H](Cc1cnc[nH]1)NC(=O)[C@@H](NC(=O)[C@H](CC(C)C)NC(=O)[C@@H](N)CCC(=O)O)C(C)C)C(=O)N[C@@H](CCCCN)C(=O)O. The molecule has 8 amide bonds. The van der Waals surface area contributed by atoms with Crippen molar-refractivity contribution in [2.24, 2.45) is 41.1 Å². The molecule has 0 radical (unpaired) electrons. The molecule has 24 heteroatoms. The van der Waals surface area contributed by atoms with Crippen LogP contribution >= 0.6 is 0 Å². The van der Waals surface area contributed by atoms with Gasteiger partial charge in [-0.15, -0.1) is 0 Å². The summed E-state index contributed by atoms with van der Waals surface area (Å²) in [5.74, 6) is -9.39. The summed E-state index contributed by atoms with van der Waals surface area (Å²) >= 11 is 0. The number of imidazole rings is 1.